The van der Waals surface area contributed by atoms with E-state index in [0.717, 1.165) is 32.7 Å². The van der Waals surface area contributed by atoms with Gasteiger partial charge in [0, 0.05) is 22.5 Å². The first kappa shape index (κ1) is 21.5. The zero-order valence-corrected chi connectivity index (χ0v) is 19.1. The standard InChI is InChI=1S/C13H20Br2N2O2S.C5H8/c1-4-19-8-9(7-16-2)17-20-13-6-12(18-3)10(14)5-11(13)15;1-4-2-5(1)3-4/h5-6,9,16-17H,4,7-8H2,1-3H3;4-5H,1-3H2. The minimum Gasteiger partial charge on any atom is -0.496 e. The summed E-state index contributed by atoms with van der Waals surface area (Å²) in [4.78, 5) is 1.07. The highest BCUT2D eigenvalue weighted by molar-refractivity contribution is 9.11. The van der Waals surface area contributed by atoms with E-state index >= 15 is 0 Å². The second-order valence-corrected chi connectivity index (χ2v) is 9.08. The molecule has 0 aliphatic heterocycles. The van der Waals surface area contributed by atoms with Crippen molar-refractivity contribution in [1.82, 2.24) is 10.0 Å². The van der Waals surface area contributed by atoms with Crippen molar-refractivity contribution in [3.63, 3.8) is 0 Å². The third kappa shape index (κ3) is 6.70. The Morgan fingerprint density at radius 3 is 2.32 bits per heavy atom. The van der Waals surface area contributed by atoms with Gasteiger partial charge in [-0.2, -0.15) is 0 Å². The Morgan fingerprint density at radius 1 is 1.20 bits per heavy atom. The van der Waals surface area contributed by atoms with E-state index < -0.39 is 0 Å². The third-order valence-corrected chi connectivity index (χ3v) is 7.06. The number of benzene rings is 1. The number of nitrogens with one attached hydrogen (secondary N) is 2. The molecule has 1 atom stereocenters. The Labute approximate surface area is 172 Å². The number of likely N-dealkylation sites (N-methyl/N-ethyl adjacent to an activating group) is 1. The normalized spacial score (nSPS) is 21.5. The Hall–Kier alpha value is 0.210. The molecular weight excluding hydrogens is 468 g/mol. The number of hydrogen-bond acceptors (Lipinski definition) is 5. The molecule has 0 heterocycles. The molecule has 1 unspecified atom stereocenters. The maximum atomic E-state index is 5.47. The van der Waals surface area contributed by atoms with Crippen LogP contribution >= 0.6 is 43.8 Å². The summed E-state index contributed by atoms with van der Waals surface area (Å²) in [6, 6.07) is 4.22. The number of hydrogen-bond donors (Lipinski definition) is 2. The summed E-state index contributed by atoms with van der Waals surface area (Å²) in [5.74, 6) is 3.23. The zero-order chi connectivity index (χ0) is 18.2. The van der Waals surface area contributed by atoms with Gasteiger partial charge in [-0.15, -0.1) is 0 Å². The van der Waals surface area contributed by atoms with Crippen molar-refractivity contribution in [3.8, 4) is 5.75 Å². The summed E-state index contributed by atoms with van der Waals surface area (Å²) in [6.07, 6.45) is 4.75. The predicted octanol–water partition coefficient (Wildman–Crippen LogP) is 4.86. The summed E-state index contributed by atoms with van der Waals surface area (Å²) in [6.45, 7) is 4.25. The molecule has 0 spiro atoms. The maximum Gasteiger partial charge on any atom is 0.134 e. The number of methoxy groups -OCH3 is 1. The first-order valence-corrected chi connectivity index (χ1v) is 11.1. The lowest BCUT2D eigenvalue weighted by Crippen LogP contribution is -2.38. The summed E-state index contributed by atoms with van der Waals surface area (Å²) < 4.78 is 16.1. The van der Waals surface area contributed by atoms with Crippen LogP contribution in [0.2, 0.25) is 0 Å². The highest BCUT2D eigenvalue weighted by atomic mass is 79.9. The van der Waals surface area contributed by atoms with Crippen LogP contribution in [0.25, 0.3) is 0 Å². The van der Waals surface area contributed by atoms with Crippen LogP contribution in [0.3, 0.4) is 0 Å². The van der Waals surface area contributed by atoms with Crippen LogP contribution in [-0.2, 0) is 4.74 Å². The highest BCUT2D eigenvalue weighted by Gasteiger charge is 2.41. The molecule has 0 radical (unpaired) electrons. The molecule has 25 heavy (non-hydrogen) atoms. The average Bonchev–Trinajstić information content (AvgIpc) is 2.48. The van der Waals surface area contributed by atoms with E-state index in [4.69, 9.17) is 9.47 Å². The van der Waals surface area contributed by atoms with Crippen molar-refractivity contribution in [1.29, 1.82) is 0 Å². The van der Waals surface area contributed by atoms with Gasteiger partial charge in [-0.3, -0.25) is 4.72 Å². The largest absolute Gasteiger partial charge is 0.496 e. The van der Waals surface area contributed by atoms with Gasteiger partial charge in [-0.1, -0.05) is 0 Å². The summed E-state index contributed by atoms with van der Waals surface area (Å²) in [7, 11) is 3.60. The first-order chi connectivity index (χ1) is 12.1. The molecule has 142 valence electrons. The fourth-order valence-corrected chi connectivity index (χ4v) is 4.91. The monoisotopic (exact) mass is 494 g/mol. The lowest BCUT2D eigenvalue weighted by Gasteiger charge is -2.49. The SMILES string of the molecule is C1C2CC1C2.CCOCC(CNC)NSc1cc(OC)c(Br)cc1Br. The second-order valence-electron chi connectivity index (χ2n) is 6.49. The van der Waals surface area contributed by atoms with E-state index in [-0.39, 0.29) is 6.04 Å². The quantitative estimate of drug-likeness (QED) is 0.479. The van der Waals surface area contributed by atoms with Gasteiger partial charge in [0.05, 0.1) is 24.2 Å². The van der Waals surface area contributed by atoms with Gasteiger partial charge in [0.25, 0.3) is 0 Å². The molecule has 3 fully saturated rings. The fourth-order valence-electron chi connectivity index (χ4n) is 2.74. The summed E-state index contributed by atoms with van der Waals surface area (Å²) in [5, 5.41) is 3.16. The van der Waals surface area contributed by atoms with Crippen molar-refractivity contribution >= 4 is 43.8 Å². The fraction of sp³-hybridized carbons (Fsp3) is 0.667. The Kier molecular flexibility index (Phi) is 9.59. The summed E-state index contributed by atoms with van der Waals surface area (Å²) >= 11 is 8.59. The van der Waals surface area contributed by atoms with E-state index in [1.807, 2.05) is 26.1 Å². The van der Waals surface area contributed by atoms with E-state index in [2.05, 4.69) is 41.9 Å². The Morgan fingerprint density at radius 2 is 1.84 bits per heavy atom. The first-order valence-electron chi connectivity index (χ1n) is 8.75. The second kappa shape index (κ2) is 11.1. The predicted molar refractivity (Wildman–Crippen MR) is 112 cm³/mol. The van der Waals surface area contributed by atoms with Gasteiger partial charge in [-0.25, -0.2) is 0 Å². The van der Waals surface area contributed by atoms with E-state index in [1.165, 1.54) is 11.8 Å². The van der Waals surface area contributed by atoms with Crippen molar-refractivity contribution in [2.75, 3.05) is 33.9 Å². The molecule has 3 saturated carbocycles. The molecule has 1 aromatic rings. The van der Waals surface area contributed by atoms with Crippen LogP contribution in [0, 0.1) is 11.8 Å². The van der Waals surface area contributed by atoms with Crippen LogP contribution in [0.15, 0.2) is 26.0 Å². The lowest BCUT2D eigenvalue weighted by atomic mass is 9.56. The molecular formula is C18H28Br2N2O2S. The van der Waals surface area contributed by atoms with Gasteiger partial charge in [0.1, 0.15) is 5.75 Å². The molecule has 7 heteroatoms. The van der Waals surface area contributed by atoms with Gasteiger partial charge >= 0.3 is 0 Å². The molecule has 2 N–H and O–H groups in total. The van der Waals surface area contributed by atoms with Crippen LogP contribution in [0.5, 0.6) is 5.75 Å². The van der Waals surface area contributed by atoms with Gasteiger partial charge in [0.15, 0.2) is 0 Å². The van der Waals surface area contributed by atoms with E-state index in [1.54, 1.807) is 38.3 Å². The molecule has 4 rings (SSSR count). The molecule has 1 aromatic carbocycles. The van der Waals surface area contributed by atoms with Crippen molar-refractivity contribution in [3.05, 3.63) is 21.1 Å². The minimum absolute atomic E-state index is 0.242. The smallest absolute Gasteiger partial charge is 0.134 e. The average molecular weight is 496 g/mol. The molecule has 0 saturated heterocycles. The van der Waals surface area contributed by atoms with Crippen LogP contribution < -0.4 is 14.8 Å². The highest BCUT2D eigenvalue weighted by Crippen LogP contribution is 2.52. The number of ether oxygens (including phenoxy) is 2. The molecule has 3 aliphatic carbocycles. The lowest BCUT2D eigenvalue weighted by molar-refractivity contribution is 0.0198. The number of rotatable bonds is 9. The van der Waals surface area contributed by atoms with E-state index in [0.29, 0.717) is 6.61 Å². The Bertz CT molecular complexity index is 528. The van der Waals surface area contributed by atoms with Crippen LogP contribution in [0.1, 0.15) is 26.2 Å². The van der Waals surface area contributed by atoms with Crippen molar-refractivity contribution in [2.24, 2.45) is 11.8 Å². The molecule has 0 amide bonds. The molecule has 4 nitrogen and oxygen atoms in total. The summed E-state index contributed by atoms with van der Waals surface area (Å²) in [5.41, 5.74) is 0. The maximum absolute atomic E-state index is 5.47. The zero-order valence-electron chi connectivity index (χ0n) is 15.1. The molecule has 2 bridgehead atoms. The molecule has 3 aliphatic rings. The van der Waals surface area contributed by atoms with Crippen LogP contribution in [-0.4, -0.2) is 40.0 Å². The van der Waals surface area contributed by atoms with Crippen LogP contribution in [0.4, 0.5) is 0 Å². The molecule has 0 aromatic heterocycles. The van der Waals surface area contributed by atoms with Gasteiger partial charge < -0.3 is 14.8 Å². The van der Waals surface area contributed by atoms with Crippen molar-refractivity contribution in [2.45, 2.75) is 37.1 Å². The third-order valence-electron chi connectivity index (χ3n) is 4.52. The van der Waals surface area contributed by atoms with E-state index in [9.17, 15) is 0 Å². The van der Waals surface area contributed by atoms with Gasteiger partial charge in [0.2, 0.25) is 0 Å². The van der Waals surface area contributed by atoms with Gasteiger partial charge in [-0.05, 0) is 101 Å². The topological polar surface area (TPSA) is 42.5 Å². The Balaban J connectivity index is 0.000000373. The minimum atomic E-state index is 0.242. The number of halogens is 2. The van der Waals surface area contributed by atoms with Crippen molar-refractivity contribution < 1.29 is 9.47 Å².